The Balaban J connectivity index is 2.62. The molecule has 1 unspecified atom stereocenters. The van der Waals surface area contributed by atoms with Crippen molar-refractivity contribution in [2.24, 2.45) is 10.9 Å². The van der Waals surface area contributed by atoms with Gasteiger partial charge in [0.1, 0.15) is 4.90 Å². The van der Waals surface area contributed by atoms with Crippen LogP contribution in [0, 0.1) is 12.1 Å². The fourth-order valence-electron chi connectivity index (χ4n) is 1.58. The van der Waals surface area contributed by atoms with E-state index in [9.17, 15) is 8.42 Å². The van der Waals surface area contributed by atoms with Crippen LogP contribution >= 0.6 is 0 Å². The molecule has 1 rings (SSSR count). The van der Waals surface area contributed by atoms with Gasteiger partial charge in [-0.05, 0) is 42.8 Å². The maximum absolute atomic E-state index is 11.2. The fraction of sp³-hybridized carbons (Fsp3) is 0.600. The van der Waals surface area contributed by atoms with Gasteiger partial charge in [0.2, 0.25) is 10.0 Å². The molecule has 0 aliphatic rings. The second-order valence-electron chi connectivity index (χ2n) is 6.95. The van der Waals surface area contributed by atoms with Gasteiger partial charge in [0.25, 0.3) is 0 Å². The van der Waals surface area contributed by atoms with Crippen LogP contribution in [0.1, 0.15) is 38.8 Å². The van der Waals surface area contributed by atoms with Gasteiger partial charge in [-0.15, -0.1) is 0 Å². The molecule has 7 heteroatoms. The van der Waals surface area contributed by atoms with Crippen molar-refractivity contribution in [1.29, 1.82) is 0 Å². The number of nitrogens with two attached hydrogens (primary N) is 2. The first-order chi connectivity index (χ1) is 9.84. The third-order valence-corrected chi connectivity index (χ3v) is 9.54. The summed E-state index contributed by atoms with van der Waals surface area (Å²) in [7, 11) is -5.52. The molecular weight excluding hydrogens is 316 g/mol. The molecule has 0 aromatic heterocycles. The molecule has 1 aromatic carbocycles. The summed E-state index contributed by atoms with van der Waals surface area (Å²) < 4.78 is 28.4. The van der Waals surface area contributed by atoms with Crippen LogP contribution in [0.5, 0.6) is 0 Å². The number of hydrogen-bond donors (Lipinski definition) is 2. The monoisotopic (exact) mass is 342 g/mol. The molecule has 0 amide bonds. The Bertz CT molecular complexity index is 592. The third kappa shape index (κ3) is 5.07. The normalized spacial score (nSPS) is 14.5. The molecule has 0 aliphatic heterocycles. The average Bonchev–Trinajstić information content (AvgIpc) is 2.36. The Kier molecular flexibility index (Phi) is 5.81. The average molecular weight is 343 g/mol. The summed E-state index contributed by atoms with van der Waals surface area (Å²) in [6, 6.07) is 8.06. The first kappa shape index (κ1) is 19.1. The number of sulfonamides is 1. The van der Waals surface area contributed by atoms with Crippen molar-refractivity contribution in [3.8, 4) is 0 Å². The van der Waals surface area contributed by atoms with Crippen LogP contribution < -0.4 is 10.9 Å². The Hall–Kier alpha value is -0.913. The highest BCUT2D eigenvalue weighted by atomic mass is 32.2. The third-order valence-electron chi connectivity index (χ3n) is 4.15. The van der Waals surface area contributed by atoms with Crippen molar-refractivity contribution < 1.29 is 12.8 Å². The van der Waals surface area contributed by atoms with Gasteiger partial charge in [0, 0.05) is 18.2 Å². The molecule has 0 spiro atoms. The molecule has 0 aliphatic carbocycles. The molecule has 4 N–H and O–H groups in total. The maximum Gasteiger partial charge on any atom is 0.246 e. The van der Waals surface area contributed by atoms with Crippen molar-refractivity contribution in [2.45, 2.75) is 56.3 Å². The van der Waals surface area contributed by atoms with E-state index in [1.165, 1.54) is 6.07 Å². The van der Waals surface area contributed by atoms with Crippen LogP contribution in [0.4, 0.5) is 0 Å². The topological polar surface area (TPSA) is 95.4 Å². The summed E-state index contributed by atoms with van der Waals surface area (Å²) >= 11 is 0. The lowest BCUT2D eigenvalue weighted by molar-refractivity contribution is 0.272. The number of rotatable bonds is 6. The van der Waals surface area contributed by atoms with E-state index in [2.05, 4.69) is 46.0 Å². The van der Waals surface area contributed by atoms with Gasteiger partial charge in [-0.2, -0.15) is 0 Å². The molecule has 0 saturated carbocycles. The van der Waals surface area contributed by atoms with Gasteiger partial charge in [-0.25, -0.2) is 13.6 Å². The highest BCUT2D eigenvalue weighted by molar-refractivity contribution is 7.89. The lowest BCUT2D eigenvalue weighted by Crippen LogP contribution is -2.41. The molecule has 22 heavy (non-hydrogen) atoms. The van der Waals surface area contributed by atoms with Crippen molar-refractivity contribution in [3.63, 3.8) is 0 Å². The van der Waals surface area contributed by atoms with E-state index in [-0.39, 0.29) is 16.0 Å². The van der Waals surface area contributed by atoms with E-state index in [0.717, 1.165) is 0 Å². The highest BCUT2D eigenvalue weighted by Crippen LogP contribution is 2.36. The Morgan fingerprint density at radius 3 is 2.27 bits per heavy atom. The van der Waals surface area contributed by atoms with Crippen LogP contribution in [-0.2, 0) is 14.4 Å². The molecule has 1 atom stereocenters. The summed E-state index contributed by atoms with van der Waals surface area (Å²) in [5.74, 6) is 0. The number of primary sulfonamides is 1. The van der Waals surface area contributed by atoms with Crippen LogP contribution in [-0.4, -0.2) is 23.3 Å². The van der Waals surface area contributed by atoms with Crippen molar-refractivity contribution >= 4 is 18.3 Å². The molecule has 1 aromatic rings. The van der Waals surface area contributed by atoms with Gasteiger partial charge in [0.05, 0.1) is 0 Å². The summed E-state index contributed by atoms with van der Waals surface area (Å²) in [6.07, 6.45) is 0.644. The first-order valence-corrected chi connectivity index (χ1v) is 11.7. The Labute approximate surface area is 135 Å². The lowest BCUT2D eigenvalue weighted by Gasteiger charge is -2.36. The molecule has 0 bridgehead atoms. The first-order valence-electron chi connectivity index (χ1n) is 7.21. The Morgan fingerprint density at radius 1 is 1.27 bits per heavy atom. The number of hydrogen-bond acceptors (Lipinski definition) is 4. The largest absolute Gasteiger partial charge is 0.417 e. The van der Waals surface area contributed by atoms with Crippen LogP contribution in [0.25, 0.3) is 0 Å². The molecular formula is C15H26N2O3SSi. The smallest absolute Gasteiger partial charge is 0.246 e. The Morgan fingerprint density at radius 2 is 1.86 bits per heavy atom. The SMILES string of the molecule is CC(C)(C)[Si](C)(C)OCCC(N)c1c#cc(S(N)(=O)=O)cc1. The molecule has 0 fully saturated rings. The predicted octanol–water partition coefficient (Wildman–Crippen LogP) is 2.35. The summed E-state index contributed by atoms with van der Waals surface area (Å²) in [6.45, 7) is 11.5. The van der Waals surface area contributed by atoms with Crippen LogP contribution in [0.2, 0.25) is 18.1 Å². The molecule has 0 heterocycles. The van der Waals surface area contributed by atoms with Gasteiger partial charge in [0.15, 0.2) is 8.32 Å². The van der Waals surface area contributed by atoms with E-state index in [1.807, 2.05) is 0 Å². The molecule has 0 radical (unpaired) electrons. The van der Waals surface area contributed by atoms with E-state index in [0.29, 0.717) is 18.6 Å². The van der Waals surface area contributed by atoms with Gasteiger partial charge in [-0.1, -0.05) is 26.8 Å². The van der Waals surface area contributed by atoms with Gasteiger partial charge in [-0.3, -0.25) is 0 Å². The van der Waals surface area contributed by atoms with E-state index in [1.54, 1.807) is 6.07 Å². The predicted molar refractivity (Wildman–Crippen MR) is 90.2 cm³/mol. The van der Waals surface area contributed by atoms with Crippen LogP contribution in [0.15, 0.2) is 17.0 Å². The van der Waals surface area contributed by atoms with Gasteiger partial charge >= 0.3 is 0 Å². The van der Waals surface area contributed by atoms with Crippen molar-refractivity contribution in [3.05, 3.63) is 29.8 Å². The lowest BCUT2D eigenvalue weighted by atomic mass is 10.1. The van der Waals surface area contributed by atoms with Gasteiger partial charge < -0.3 is 10.2 Å². The minimum absolute atomic E-state index is 0.0824. The van der Waals surface area contributed by atoms with E-state index >= 15 is 0 Å². The van der Waals surface area contributed by atoms with Crippen molar-refractivity contribution in [1.82, 2.24) is 0 Å². The van der Waals surface area contributed by atoms with Crippen molar-refractivity contribution in [2.75, 3.05) is 6.61 Å². The zero-order valence-electron chi connectivity index (χ0n) is 13.9. The summed E-state index contributed by atoms with van der Waals surface area (Å²) in [5.41, 5.74) is 6.80. The van der Waals surface area contributed by atoms with Crippen LogP contribution in [0.3, 0.4) is 0 Å². The highest BCUT2D eigenvalue weighted by Gasteiger charge is 2.36. The van der Waals surface area contributed by atoms with E-state index < -0.39 is 18.3 Å². The fourth-order valence-corrected chi connectivity index (χ4v) is 3.09. The zero-order chi connectivity index (χ0) is 17.2. The maximum atomic E-state index is 11.2. The molecule has 124 valence electrons. The standard InChI is InChI=1S/C15H26N2O3SSi/c1-15(2,3)22(4,5)20-11-10-14(16)12-6-8-13(9-7-12)21(17,18)19/h6,8,14H,10-11,16H2,1-5H3,(H2,17,18,19). The van der Waals surface area contributed by atoms with E-state index in [4.69, 9.17) is 15.3 Å². The zero-order valence-corrected chi connectivity index (χ0v) is 15.8. The summed E-state index contributed by atoms with van der Waals surface area (Å²) in [4.78, 5) is -0.0824. The quantitative estimate of drug-likeness (QED) is 0.776. The molecule has 5 nitrogen and oxygen atoms in total. The second kappa shape index (κ2) is 6.68. The minimum atomic E-state index is -3.74. The second-order valence-corrected chi connectivity index (χ2v) is 13.3. The minimum Gasteiger partial charge on any atom is -0.417 e. The molecule has 0 saturated heterocycles. The summed E-state index contributed by atoms with van der Waals surface area (Å²) in [5, 5.41) is 5.19.